The number of hydrogen-bond donors (Lipinski definition) is 2. The number of likely N-dealkylation sites (tertiary alicyclic amines) is 1. The summed E-state index contributed by atoms with van der Waals surface area (Å²) in [4.78, 5) is 59.1. The molecule has 0 aromatic heterocycles. The molecular weight excluding hydrogens is 562 g/mol. The van der Waals surface area contributed by atoms with Gasteiger partial charge in [-0.1, -0.05) is 88.2 Å². The molecule has 5 rings (SSSR count). The maximum absolute atomic E-state index is 14.6. The van der Waals surface area contributed by atoms with Crippen LogP contribution >= 0.6 is 0 Å². The summed E-state index contributed by atoms with van der Waals surface area (Å²) < 4.78 is 12.1. The van der Waals surface area contributed by atoms with Crippen LogP contribution in [-0.4, -0.2) is 88.7 Å². The number of carbonyl (C=O) groups excluding carboxylic acids is 4. The molecule has 4 heterocycles. The zero-order valence-electron chi connectivity index (χ0n) is 25.9. The Morgan fingerprint density at radius 3 is 2.57 bits per heavy atom. The number of fused-ring (bicyclic) bond motifs is 2. The number of amides is 3. The summed E-state index contributed by atoms with van der Waals surface area (Å²) in [7, 11) is 0. The fourth-order valence-corrected chi connectivity index (χ4v) is 7.12. The van der Waals surface area contributed by atoms with Crippen LogP contribution in [0.15, 0.2) is 54.6 Å². The van der Waals surface area contributed by atoms with Gasteiger partial charge in [-0.15, -0.1) is 0 Å². The van der Waals surface area contributed by atoms with Crippen molar-refractivity contribution in [2.75, 3.05) is 26.3 Å². The summed E-state index contributed by atoms with van der Waals surface area (Å²) in [5, 5.41) is 13.6. The number of nitrogens with zero attached hydrogens (tertiary/aromatic N) is 2. The topological polar surface area (TPSA) is 125 Å². The average Bonchev–Trinajstić information content (AvgIpc) is 3.68. The van der Waals surface area contributed by atoms with Crippen molar-refractivity contribution in [3.63, 3.8) is 0 Å². The second-order valence-corrected chi connectivity index (χ2v) is 12.4. The third-order valence-corrected chi connectivity index (χ3v) is 9.72. The van der Waals surface area contributed by atoms with Gasteiger partial charge in [-0.05, 0) is 24.3 Å². The number of benzene rings is 1. The number of cyclic esters (lactones) is 1. The summed E-state index contributed by atoms with van der Waals surface area (Å²) in [6, 6.07) is 6.97. The van der Waals surface area contributed by atoms with Gasteiger partial charge in [-0.2, -0.15) is 0 Å². The van der Waals surface area contributed by atoms with Crippen molar-refractivity contribution in [2.24, 2.45) is 17.8 Å². The van der Waals surface area contributed by atoms with E-state index in [0.29, 0.717) is 25.9 Å². The van der Waals surface area contributed by atoms with Gasteiger partial charge in [0.1, 0.15) is 18.2 Å². The first-order chi connectivity index (χ1) is 21.3. The maximum Gasteiger partial charge on any atom is 0.306 e. The van der Waals surface area contributed by atoms with E-state index in [9.17, 15) is 24.3 Å². The summed E-state index contributed by atoms with van der Waals surface area (Å²) in [5.74, 6) is -3.35. The van der Waals surface area contributed by atoms with Crippen LogP contribution in [-0.2, 0) is 28.7 Å². The second-order valence-electron chi connectivity index (χ2n) is 12.4. The normalized spacial score (nSPS) is 32.8. The Bertz CT molecular complexity index is 1280. The standard InChI is InChI=1S/C34H45N3O7/c1-4-6-18-36-19-12-8-11-15-27(39)43-21-24(23-13-9-7-10-14-23)35-31(40)28-26-16-17-34(44-26)29(28)32(41)37(30(34)33(36)42)25(20-38)22(3)5-2/h7-10,12-14,16-17,22,24-26,28-30,38H,4-6,11,15,18-21H2,1-3H3,(H,35,40)/b12-8-/t22-,24-,25-,26-,28+,29+,30-,34+/m0/s1. The Hall–Kier alpha value is -3.50. The van der Waals surface area contributed by atoms with Crippen molar-refractivity contribution in [1.82, 2.24) is 15.1 Å². The van der Waals surface area contributed by atoms with Crippen LogP contribution in [0.5, 0.6) is 0 Å². The number of unbranched alkanes of at least 4 members (excludes halogenated alkanes) is 1. The SMILES string of the molecule is CCCCN1C/C=C\CCC(=O)OC[C@@H](c2ccccc2)NC(=O)[C@@H]2[C@@H]3C=C[C@]4(O3)[C@H](C1=O)N([C@@H](CO)[C@@H](C)CC)C(=O)[C@@H]24. The van der Waals surface area contributed by atoms with E-state index >= 15 is 0 Å². The first kappa shape index (κ1) is 31.9. The third kappa shape index (κ3) is 5.81. The zero-order chi connectivity index (χ0) is 31.4. The van der Waals surface area contributed by atoms with E-state index in [4.69, 9.17) is 9.47 Å². The van der Waals surface area contributed by atoms with Crippen molar-refractivity contribution >= 4 is 23.7 Å². The molecule has 238 valence electrons. The monoisotopic (exact) mass is 607 g/mol. The zero-order valence-corrected chi connectivity index (χ0v) is 25.9. The lowest BCUT2D eigenvalue weighted by atomic mass is 9.74. The Morgan fingerprint density at radius 1 is 1.09 bits per heavy atom. The smallest absolute Gasteiger partial charge is 0.306 e. The number of aliphatic hydroxyl groups excluding tert-OH is 1. The lowest BCUT2D eigenvalue weighted by Gasteiger charge is -2.40. The molecule has 3 amide bonds. The van der Waals surface area contributed by atoms with Crippen molar-refractivity contribution in [2.45, 2.75) is 82.7 Å². The first-order valence-corrected chi connectivity index (χ1v) is 16.0. The molecule has 5 bridgehead atoms. The van der Waals surface area contributed by atoms with Gasteiger partial charge in [0.05, 0.1) is 36.6 Å². The van der Waals surface area contributed by atoms with Crippen molar-refractivity contribution < 1.29 is 33.8 Å². The van der Waals surface area contributed by atoms with Gasteiger partial charge in [-0.25, -0.2) is 0 Å². The summed E-state index contributed by atoms with van der Waals surface area (Å²) in [6.07, 6.45) is 9.57. The van der Waals surface area contributed by atoms with Crippen LogP contribution in [0.1, 0.15) is 64.5 Å². The number of rotatable bonds is 8. The molecule has 10 nitrogen and oxygen atoms in total. The lowest BCUT2D eigenvalue weighted by molar-refractivity contribution is -0.151. The minimum atomic E-state index is -1.33. The Labute approximate surface area is 259 Å². The minimum Gasteiger partial charge on any atom is -0.463 e. The molecule has 0 saturated carbocycles. The molecule has 44 heavy (non-hydrogen) atoms. The van der Waals surface area contributed by atoms with Gasteiger partial charge in [-0.3, -0.25) is 19.2 Å². The van der Waals surface area contributed by atoms with Crippen LogP contribution in [0.4, 0.5) is 0 Å². The van der Waals surface area contributed by atoms with E-state index in [1.165, 1.54) is 4.90 Å². The molecule has 1 aromatic rings. The van der Waals surface area contributed by atoms with Crippen LogP contribution in [0.3, 0.4) is 0 Å². The van der Waals surface area contributed by atoms with Gasteiger partial charge < -0.3 is 29.7 Å². The number of carbonyl (C=O) groups is 4. The molecule has 1 aromatic carbocycles. The van der Waals surface area contributed by atoms with Gasteiger partial charge >= 0.3 is 5.97 Å². The predicted molar refractivity (Wildman–Crippen MR) is 163 cm³/mol. The highest BCUT2D eigenvalue weighted by atomic mass is 16.5. The first-order valence-electron chi connectivity index (χ1n) is 16.0. The third-order valence-electron chi connectivity index (χ3n) is 9.72. The van der Waals surface area contributed by atoms with E-state index in [2.05, 4.69) is 5.32 Å². The van der Waals surface area contributed by atoms with Crippen LogP contribution in [0.2, 0.25) is 0 Å². The van der Waals surface area contributed by atoms with Crippen molar-refractivity contribution in [3.8, 4) is 0 Å². The largest absolute Gasteiger partial charge is 0.463 e. The summed E-state index contributed by atoms with van der Waals surface area (Å²) >= 11 is 0. The van der Waals surface area contributed by atoms with Crippen molar-refractivity contribution in [1.29, 1.82) is 0 Å². The van der Waals surface area contributed by atoms with Gasteiger partial charge in [0.25, 0.3) is 0 Å². The molecule has 2 N–H and O–H groups in total. The molecule has 4 aliphatic heterocycles. The van der Waals surface area contributed by atoms with Crippen LogP contribution < -0.4 is 5.32 Å². The van der Waals surface area contributed by atoms with E-state index < -0.39 is 47.6 Å². The Morgan fingerprint density at radius 2 is 1.86 bits per heavy atom. The number of hydrogen-bond acceptors (Lipinski definition) is 7. The highest BCUT2D eigenvalue weighted by Crippen LogP contribution is 2.56. The van der Waals surface area contributed by atoms with E-state index in [1.807, 2.05) is 63.3 Å². The lowest BCUT2D eigenvalue weighted by Crippen LogP contribution is -2.59. The fourth-order valence-electron chi connectivity index (χ4n) is 7.12. The number of ether oxygens (including phenoxy) is 2. The number of nitrogens with one attached hydrogen (secondary N) is 1. The quantitative estimate of drug-likeness (QED) is 0.344. The highest BCUT2D eigenvalue weighted by molar-refractivity contribution is 6.00. The molecule has 8 atom stereocenters. The number of esters is 1. The van der Waals surface area contributed by atoms with Gasteiger partial charge in [0.2, 0.25) is 17.7 Å². The second kappa shape index (κ2) is 13.6. The predicted octanol–water partition coefficient (Wildman–Crippen LogP) is 2.92. The molecule has 10 heteroatoms. The van der Waals surface area contributed by atoms with Crippen LogP contribution in [0.25, 0.3) is 0 Å². The molecule has 1 spiro atoms. The van der Waals surface area contributed by atoms with E-state index in [0.717, 1.165) is 18.4 Å². The van der Waals surface area contributed by atoms with E-state index in [-0.39, 0.29) is 43.3 Å². The molecular formula is C34H45N3O7. The highest BCUT2D eigenvalue weighted by Gasteiger charge is 2.74. The summed E-state index contributed by atoms with van der Waals surface area (Å²) in [5.41, 5.74) is -0.574. The molecule has 2 saturated heterocycles. The molecule has 2 fully saturated rings. The van der Waals surface area contributed by atoms with Crippen molar-refractivity contribution in [3.05, 3.63) is 60.2 Å². The molecule has 0 aliphatic carbocycles. The van der Waals surface area contributed by atoms with Gasteiger partial charge in [0.15, 0.2) is 0 Å². The summed E-state index contributed by atoms with van der Waals surface area (Å²) in [6.45, 7) is 6.40. The van der Waals surface area contributed by atoms with Gasteiger partial charge in [0, 0.05) is 19.5 Å². The maximum atomic E-state index is 14.6. The molecule has 0 radical (unpaired) electrons. The average molecular weight is 608 g/mol. The van der Waals surface area contributed by atoms with E-state index in [1.54, 1.807) is 17.1 Å². The number of allylic oxidation sites excluding steroid dienone is 1. The Kier molecular flexibility index (Phi) is 9.90. The molecule has 4 aliphatic rings. The van der Waals surface area contributed by atoms with Crippen LogP contribution in [0, 0.1) is 17.8 Å². The Balaban J connectivity index is 1.59. The molecule has 0 unspecified atom stereocenters. The number of aliphatic hydroxyl groups is 1. The minimum absolute atomic E-state index is 0.0607. The fraction of sp³-hybridized carbons (Fsp3) is 0.588.